The lowest BCUT2D eigenvalue weighted by molar-refractivity contribution is 0.102. The fraction of sp³-hybridized carbons (Fsp3) is 0.182. The van der Waals surface area contributed by atoms with Crippen molar-refractivity contribution < 1.29 is 18.3 Å². The lowest BCUT2D eigenvalue weighted by Crippen LogP contribution is -2.15. The molecule has 0 aliphatic rings. The summed E-state index contributed by atoms with van der Waals surface area (Å²) in [4.78, 5) is 17.8. The predicted octanol–water partition coefficient (Wildman–Crippen LogP) is 5.62. The molecular formula is C22H19F2N3O2S. The van der Waals surface area contributed by atoms with E-state index in [-0.39, 0.29) is 18.3 Å². The molecule has 0 saturated carbocycles. The maximum atomic E-state index is 13.7. The largest absolute Gasteiger partial charge is 0.486 e. The maximum absolute atomic E-state index is 13.7. The van der Waals surface area contributed by atoms with Gasteiger partial charge in [-0.2, -0.15) is 0 Å². The molecule has 5 nitrogen and oxygen atoms in total. The zero-order valence-electron chi connectivity index (χ0n) is 16.2. The summed E-state index contributed by atoms with van der Waals surface area (Å²) < 4.78 is 34.0. The van der Waals surface area contributed by atoms with Crippen LogP contribution in [0.4, 0.5) is 14.7 Å². The van der Waals surface area contributed by atoms with Gasteiger partial charge >= 0.3 is 0 Å². The molecule has 0 aliphatic heterocycles. The molecule has 0 fully saturated rings. The number of carbonyl (C=O) groups excluding carboxylic acids is 1. The number of anilines is 1. The minimum atomic E-state index is -0.766. The van der Waals surface area contributed by atoms with Gasteiger partial charge in [-0.15, -0.1) is 11.3 Å². The third-order valence-electron chi connectivity index (χ3n) is 4.49. The Hall–Kier alpha value is -3.26. The Bertz CT molecular complexity index is 1200. The van der Waals surface area contributed by atoms with E-state index in [0.29, 0.717) is 10.8 Å². The summed E-state index contributed by atoms with van der Waals surface area (Å²) in [7, 11) is 0. The van der Waals surface area contributed by atoms with Crippen LogP contribution in [0, 0.1) is 11.6 Å². The second-order valence-corrected chi connectivity index (χ2v) is 7.62. The number of ether oxygens (including phenoxy) is 1. The van der Waals surface area contributed by atoms with E-state index in [9.17, 15) is 13.6 Å². The van der Waals surface area contributed by atoms with Crippen LogP contribution in [0.2, 0.25) is 0 Å². The Balaban J connectivity index is 1.47. The minimum absolute atomic E-state index is 0.0399. The molecule has 4 rings (SSSR count). The molecule has 0 bridgehead atoms. The second-order valence-electron chi connectivity index (χ2n) is 6.71. The van der Waals surface area contributed by atoms with Crippen LogP contribution in [-0.2, 0) is 13.2 Å². The zero-order chi connectivity index (χ0) is 21.1. The van der Waals surface area contributed by atoms with Crippen LogP contribution < -0.4 is 10.1 Å². The fourth-order valence-corrected chi connectivity index (χ4v) is 3.90. The molecule has 2 heterocycles. The van der Waals surface area contributed by atoms with Gasteiger partial charge in [-0.3, -0.25) is 10.1 Å². The lowest BCUT2D eigenvalue weighted by atomic mass is 10.3. The summed E-state index contributed by atoms with van der Waals surface area (Å²) in [5.74, 6) is -1.24. The third-order valence-corrected chi connectivity index (χ3v) is 5.47. The number of hydrogen-bond donors (Lipinski definition) is 1. The number of rotatable bonds is 7. The number of aryl methyl sites for hydroxylation is 1. The van der Waals surface area contributed by atoms with Crippen molar-refractivity contribution in [3.05, 3.63) is 76.0 Å². The summed E-state index contributed by atoms with van der Waals surface area (Å²) in [6.07, 6.45) is 0.906. The van der Waals surface area contributed by atoms with Crippen molar-refractivity contribution in [1.82, 2.24) is 9.55 Å². The van der Waals surface area contributed by atoms with Crippen molar-refractivity contribution in [2.45, 2.75) is 26.5 Å². The molecule has 8 heteroatoms. The van der Waals surface area contributed by atoms with Gasteiger partial charge in [0.05, 0.1) is 15.9 Å². The van der Waals surface area contributed by atoms with Crippen LogP contribution in [0.3, 0.4) is 0 Å². The van der Waals surface area contributed by atoms with E-state index in [1.54, 1.807) is 11.4 Å². The Kier molecular flexibility index (Phi) is 5.76. The summed E-state index contributed by atoms with van der Waals surface area (Å²) in [5, 5.41) is 4.65. The number of nitrogens with zero attached hydrogens (tertiary/aromatic N) is 2. The normalized spacial score (nSPS) is 11.0. The number of thiophene rings is 1. The Morgan fingerprint density at radius 1 is 1.20 bits per heavy atom. The van der Waals surface area contributed by atoms with Crippen molar-refractivity contribution in [3.63, 3.8) is 0 Å². The maximum Gasteiger partial charge on any atom is 0.268 e. The zero-order valence-corrected chi connectivity index (χ0v) is 17.0. The van der Waals surface area contributed by atoms with E-state index in [2.05, 4.69) is 17.2 Å². The minimum Gasteiger partial charge on any atom is -0.486 e. The summed E-state index contributed by atoms with van der Waals surface area (Å²) in [6.45, 7) is 2.87. The average Bonchev–Trinajstić information content (AvgIpc) is 3.33. The van der Waals surface area contributed by atoms with Gasteiger partial charge in [0, 0.05) is 18.2 Å². The lowest BCUT2D eigenvalue weighted by Gasteiger charge is -2.08. The average molecular weight is 427 g/mol. The van der Waals surface area contributed by atoms with Crippen LogP contribution in [0.1, 0.15) is 28.6 Å². The molecule has 2 aromatic carbocycles. The van der Waals surface area contributed by atoms with Gasteiger partial charge in [-0.1, -0.05) is 19.1 Å². The smallest absolute Gasteiger partial charge is 0.268 e. The molecule has 1 N–H and O–H groups in total. The third kappa shape index (κ3) is 4.18. The molecule has 0 spiro atoms. The van der Waals surface area contributed by atoms with Crippen LogP contribution >= 0.6 is 11.3 Å². The van der Waals surface area contributed by atoms with E-state index < -0.39 is 11.6 Å². The summed E-state index contributed by atoms with van der Waals surface area (Å²) in [6, 6.07) is 12.6. The topological polar surface area (TPSA) is 56.2 Å². The van der Waals surface area contributed by atoms with Crippen molar-refractivity contribution in [3.8, 4) is 5.75 Å². The van der Waals surface area contributed by atoms with Crippen molar-refractivity contribution in [2.75, 3.05) is 5.32 Å². The van der Waals surface area contributed by atoms with E-state index in [1.165, 1.54) is 17.4 Å². The molecule has 2 aromatic heterocycles. The highest BCUT2D eigenvalue weighted by atomic mass is 32.1. The van der Waals surface area contributed by atoms with Crippen molar-refractivity contribution in [1.29, 1.82) is 0 Å². The number of fused-ring (bicyclic) bond motifs is 1. The first-order chi connectivity index (χ1) is 14.5. The van der Waals surface area contributed by atoms with Gasteiger partial charge in [0.15, 0.2) is 11.6 Å². The van der Waals surface area contributed by atoms with Gasteiger partial charge in [-0.25, -0.2) is 13.8 Å². The number of amides is 1. The SMILES string of the molecule is CCCn1c(NC(=O)c2cc(COc3ccc(F)cc3F)cs2)nc2ccccc21. The number of para-hydroxylation sites is 2. The number of benzene rings is 2. The van der Waals surface area contributed by atoms with E-state index >= 15 is 0 Å². The van der Waals surface area contributed by atoms with Crippen LogP contribution in [0.15, 0.2) is 53.9 Å². The monoisotopic (exact) mass is 427 g/mol. The number of imidazole rings is 1. The van der Waals surface area contributed by atoms with Crippen molar-refractivity contribution >= 4 is 34.2 Å². The first kappa shape index (κ1) is 20.0. The Labute approximate surface area is 175 Å². The van der Waals surface area contributed by atoms with Crippen LogP contribution in [-0.4, -0.2) is 15.5 Å². The molecule has 0 radical (unpaired) electrons. The highest BCUT2D eigenvalue weighted by molar-refractivity contribution is 7.12. The second kappa shape index (κ2) is 8.62. The predicted molar refractivity (Wildman–Crippen MR) is 113 cm³/mol. The van der Waals surface area contributed by atoms with E-state index in [0.717, 1.165) is 41.7 Å². The molecule has 154 valence electrons. The van der Waals surface area contributed by atoms with Gasteiger partial charge in [-0.05, 0) is 42.1 Å². The number of aromatic nitrogens is 2. The first-order valence-electron chi connectivity index (χ1n) is 9.47. The van der Waals surface area contributed by atoms with Crippen LogP contribution in [0.5, 0.6) is 5.75 Å². The highest BCUT2D eigenvalue weighted by Crippen LogP contribution is 2.24. The standard InChI is InChI=1S/C22H19F2N3O2S/c1-2-9-27-18-6-4-3-5-17(18)25-22(27)26-21(28)20-10-14(13-30-20)12-29-19-8-7-15(23)11-16(19)24/h3-8,10-11,13H,2,9,12H2,1H3,(H,25,26,28). The first-order valence-corrected chi connectivity index (χ1v) is 10.3. The fourth-order valence-electron chi connectivity index (χ4n) is 3.11. The number of carbonyl (C=O) groups is 1. The molecule has 1 amide bonds. The van der Waals surface area contributed by atoms with Crippen molar-refractivity contribution in [2.24, 2.45) is 0 Å². The number of nitrogens with one attached hydrogen (secondary N) is 1. The molecular weight excluding hydrogens is 408 g/mol. The van der Waals surface area contributed by atoms with E-state index in [1.807, 2.05) is 28.8 Å². The summed E-state index contributed by atoms with van der Waals surface area (Å²) >= 11 is 1.26. The van der Waals surface area contributed by atoms with Gasteiger partial charge < -0.3 is 9.30 Å². The summed E-state index contributed by atoms with van der Waals surface area (Å²) in [5.41, 5.74) is 2.51. The number of halogens is 2. The highest BCUT2D eigenvalue weighted by Gasteiger charge is 2.16. The molecule has 30 heavy (non-hydrogen) atoms. The molecule has 4 aromatic rings. The molecule has 0 unspecified atom stereocenters. The molecule has 0 atom stereocenters. The molecule has 0 aliphatic carbocycles. The Morgan fingerprint density at radius 2 is 2.03 bits per heavy atom. The van der Waals surface area contributed by atoms with Gasteiger partial charge in [0.25, 0.3) is 5.91 Å². The Morgan fingerprint density at radius 3 is 2.83 bits per heavy atom. The quantitative estimate of drug-likeness (QED) is 0.417. The van der Waals surface area contributed by atoms with E-state index in [4.69, 9.17) is 4.74 Å². The van der Waals surface area contributed by atoms with Gasteiger partial charge in [0.1, 0.15) is 12.4 Å². The van der Waals surface area contributed by atoms with Crippen LogP contribution in [0.25, 0.3) is 11.0 Å². The van der Waals surface area contributed by atoms with Gasteiger partial charge in [0.2, 0.25) is 5.95 Å². The number of hydrogen-bond acceptors (Lipinski definition) is 4. The molecule has 0 saturated heterocycles.